The third-order valence-corrected chi connectivity index (χ3v) is 9.24. The van der Waals surface area contributed by atoms with E-state index in [0.717, 1.165) is 0 Å². The molecular weight excluding hydrogens is 670 g/mol. The van der Waals surface area contributed by atoms with Crippen molar-refractivity contribution in [3.05, 3.63) is 35.9 Å². The van der Waals surface area contributed by atoms with Crippen molar-refractivity contribution in [2.24, 2.45) is 34.2 Å². The van der Waals surface area contributed by atoms with Gasteiger partial charge < -0.3 is 48.5 Å². The predicted molar refractivity (Wildman–Crippen MR) is 197 cm³/mol. The standard InChI is InChI=1S/C36H59N9O7/c1-7-21(5)28-34(51)42-26(18-23-13-10-9-11-14-23)31(48)43-27(19-46)33(50)40-24(15-12-16-39-36(37)38)30(47)41-25(17-20(3)4)32(49)44-29(22(6)8-2)35(52)45-28/h9-11,13-14,20-22,24-29,46H,7-8,12,15-19H2,1-6H3,(H,40,50)(H,41,47)(H,42,51)(H,43,48)(H,44,49)(H,45,52)(H4,37,38,39)/t21-,22-,24-,25-,26-,27-,28-,29-/m0/s1. The van der Waals surface area contributed by atoms with Crippen molar-refractivity contribution in [1.29, 1.82) is 0 Å². The SMILES string of the molecule is CC[C@H](C)[C@@H]1NC(=O)[C@H](CC(C)C)NC(=O)[C@H](CCCN=C(N)N)NC(=O)[C@H](CO)NC(=O)[C@H](Cc2ccccc2)NC(=O)[C@H]([C@@H](C)CC)NC1=O. The minimum absolute atomic E-state index is 0.0258. The molecule has 16 nitrogen and oxygen atoms in total. The van der Waals surface area contributed by atoms with E-state index in [2.05, 4.69) is 36.9 Å². The maximum Gasteiger partial charge on any atom is 0.245 e. The number of aliphatic imine (C=N–C) groups is 1. The Morgan fingerprint density at radius 1 is 0.673 bits per heavy atom. The fourth-order valence-electron chi connectivity index (χ4n) is 5.71. The summed E-state index contributed by atoms with van der Waals surface area (Å²) in [6.45, 7) is 10.4. The molecule has 2 rings (SSSR count). The molecule has 16 heteroatoms. The number of carbonyl (C=O) groups excluding carboxylic acids is 6. The summed E-state index contributed by atoms with van der Waals surface area (Å²) in [6.07, 6.45) is 1.53. The minimum Gasteiger partial charge on any atom is -0.394 e. The number of nitrogens with two attached hydrogens (primary N) is 2. The van der Waals surface area contributed by atoms with Gasteiger partial charge in [0.15, 0.2) is 5.96 Å². The highest BCUT2D eigenvalue weighted by Gasteiger charge is 2.37. The van der Waals surface area contributed by atoms with Gasteiger partial charge in [0.05, 0.1) is 6.61 Å². The zero-order chi connectivity index (χ0) is 39.0. The van der Waals surface area contributed by atoms with Crippen LogP contribution in [0.15, 0.2) is 35.3 Å². The average molecular weight is 730 g/mol. The van der Waals surface area contributed by atoms with Gasteiger partial charge in [-0.3, -0.25) is 33.8 Å². The van der Waals surface area contributed by atoms with Gasteiger partial charge in [-0.25, -0.2) is 0 Å². The van der Waals surface area contributed by atoms with E-state index >= 15 is 0 Å². The Morgan fingerprint density at radius 3 is 1.67 bits per heavy atom. The van der Waals surface area contributed by atoms with Crippen molar-refractivity contribution in [2.75, 3.05) is 13.2 Å². The highest BCUT2D eigenvalue weighted by Crippen LogP contribution is 2.15. The first-order chi connectivity index (χ1) is 24.6. The second-order valence-electron chi connectivity index (χ2n) is 13.9. The Labute approximate surface area is 306 Å². The molecule has 1 saturated heterocycles. The van der Waals surface area contributed by atoms with Gasteiger partial charge in [0.1, 0.15) is 36.3 Å². The zero-order valence-electron chi connectivity index (χ0n) is 31.2. The summed E-state index contributed by atoms with van der Waals surface area (Å²) in [7, 11) is 0. The molecule has 0 radical (unpaired) electrons. The number of hydrogen-bond donors (Lipinski definition) is 9. The number of benzene rings is 1. The largest absolute Gasteiger partial charge is 0.394 e. The first-order valence-corrected chi connectivity index (χ1v) is 18.1. The molecule has 8 atom stereocenters. The first-order valence-electron chi connectivity index (χ1n) is 18.1. The molecule has 1 fully saturated rings. The van der Waals surface area contributed by atoms with Gasteiger partial charge in [-0.1, -0.05) is 84.7 Å². The third kappa shape index (κ3) is 13.8. The summed E-state index contributed by atoms with van der Waals surface area (Å²) in [5.74, 6) is -5.11. The number of guanidine groups is 1. The normalized spacial score (nSPS) is 25.2. The van der Waals surface area contributed by atoms with Crippen LogP contribution in [0.25, 0.3) is 0 Å². The number of amides is 6. The Kier molecular flexibility index (Phi) is 18.0. The number of hydrogen-bond acceptors (Lipinski definition) is 8. The molecular formula is C36H59N9O7. The van der Waals surface area contributed by atoms with E-state index in [0.29, 0.717) is 18.4 Å². The number of aliphatic hydroxyl groups excluding tert-OH is 1. The van der Waals surface area contributed by atoms with Crippen molar-refractivity contribution >= 4 is 41.4 Å². The average Bonchev–Trinajstić information content (AvgIpc) is 3.10. The second kappa shape index (κ2) is 21.6. The molecule has 11 N–H and O–H groups in total. The maximum atomic E-state index is 14.0. The van der Waals surface area contributed by atoms with Crippen LogP contribution < -0.4 is 43.4 Å². The maximum absolute atomic E-state index is 14.0. The summed E-state index contributed by atoms with van der Waals surface area (Å²) in [5.41, 5.74) is 11.6. The number of carbonyl (C=O) groups is 6. The van der Waals surface area contributed by atoms with Crippen molar-refractivity contribution < 1.29 is 33.9 Å². The molecule has 0 aromatic heterocycles. The third-order valence-electron chi connectivity index (χ3n) is 9.24. The van der Waals surface area contributed by atoms with Crippen LogP contribution in [0.2, 0.25) is 0 Å². The number of rotatable bonds is 13. The van der Waals surface area contributed by atoms with Crippen LogP contribution >= 0.6 is 0 Å². The summed E-state index contributed by atoms with van der Waals surface area (Å²) < 4.78 is 0. The fourth-order valence-corrected chi connectivity index (χ4v) is 5.71. The van der Waals surface area contributed by atoms with Crippen LogP contribution in [-0.4, -0.2) is 95.9 Å². The van der Waals surface area contributed by atoms with Gasteiger partial charge in [0.25, 0.3) is 0 Å². The zero-order valence-corrected chi connectivity index (χ0v) is 31.2. The highest BCUT2D eigenvalue weighted by atomic mass is 16.3. The number of nitrogens with zero attached hydrogens (tertiary/aromatic N) is 1. The van der Waals surface area contributed by atoms with Crippen molar-refractivity contribution in [1.82, 2.24) is 31.9 Å². The first kappa shape index (κ1) is 43.4. The van der Waals surface area contributed by atoms with Gasteiger partial charge in [-0.2, -0.15) is 0 Å². The molecule has 6 amide bonds. The molecule has 0 saturated carbocycles. The van der Waals surface area contributed by atoms with Crippen molar-refractivity contribution in [2.45, 2.75) is 116 Å². The van der Waals surface area contributed by atoms with Gasteiger partial charge in [-0.05, 0) is 42.6 Å². The lowest BCUT2D eigenvalue weighted by Crippen LogP contribution is -2.63. The van der Waals surface area contributed by atoms with Crippen LogP contribution in [-0.2, 0) is 35.2 Å². The molecule has 1 aliphatic heterocycles. The summed E-state index contributed by atoms with van der Waals surface area (Å²) in [6, 6.07) is 1.69. The van der Waals surface area contributed by atoms with E-state index < -0.39 is 78.3 Å². The van der Waals surface area contributed by atoms with Gasteiger partial charge in [0, 0.05) is 13.0 Å². The van der Waals surface area contributed by atoms with Crippen molar-refractivity contribution in [3.8, 4) is 0 Å². The van der Waals surface area contributed by atoms with Gasteiger partial charge >= 0.3 is 0 Å². The molecule has 1 aromatic carbocycles. The second-order valence-corrected chi connectivity index (χ2v) is 13.9. The van der Waals surface area contributed by atoms with Crippen LogP contribution in [0.4, 0.5) is 0 Å². The Balaban J connectivity index is 2.66. The van der Waals surface area contributed by atoms with E-state index in [1.807, 2.05) is 27.7 Å². The van der Waals surface area contributed by atoms with Crippen LogP contribution in [0.5, 0.6) is 0 Å². The fraction of sp³-hybridized carbons (Fsp3) is 0.639. The number of aliphatic hydroxyl groups is 1. The Hall–Kier alpha value is -4.73. The lowest BCUT2D eigenvalue weighted by molar-refractivity contribution is -0.138. The van der Waals surface area contributed by atoms with Crippen molar-refractivity contribution in [3.63, 3.8) is 0 Å². The Bertz CT molecular complexity index is 1390. The lowest BCUT2D eigenvalue weighted by atomic mass is 9.93. The summed E-state index contributed by atoms with van der Waals surface area (Å²) in [5, 5.41) is 26.5. The predicted octanol–water partition coefficient (Wildman–Crippen LogP) is -0.664. The quantitative estimate of drug-likeness (QED) is 0.0708. The molecule has 290 valence electrons. The molecule has 1 heterocycles. The summed E-state index contributed by atoms with van der Waals surface area (Å²) >= 11 is 0. The van der Waals surface area contributed by atoms with Gasteiger partial charge in [-0.15, -0.1) is 0 Å². The summed E-state index contributed by atoms with van der Waals surface area (Å²) in [4.78, 5) is 86.8. The minimum atomic E-state index is -1.51. The monoisotopic (exact) mass is 729 g/mol. The topological polar surface area (TPSA) is 259 Å². The molecule has 1 aliphatic rings. The van der Waals surface area contributed by atoms with Crippen LogP contribution in [0.1, 0.15) is 79.2 Å². The van der Waals surface area contributed by atoms with E-state index in [1.165, 1.54) is 0 Å². The van der Waals surface area contributed by atoms with E-state index in [4.69, 9.17) is 11.5 Å². The Morgan fingerprint density at radius 2 is 1.13 bits per heavy atom. The molecule has 1 aromatic rings. The molecule has 0 aliphatic carbocycles. The van der Waals surface area contributed by atoms with Crippen LogP contribution in [0.3, 0.4) is 0 Å². The molecule has 0 bridgehead atoms. The highest BCUT2D eigenvalue weighted by molar-refractivity contribution is 5.98. The molecule has 0 unspecified atom stereocenters. The molecule has 0 spiro atoms. The van der Waals surface area contributed by atoms with Gasteiger partial charge in [0.2, 0.25) is 35.4 Å². The number of nitrogens with one attached hydrogen (secondary N) is 6. The molecule has 52 heavy (non-hydrogen) atoms. The van der Waals surface area contributed by atoms with E-state index in [9.17, 15) is 33.9 Å². The lowest BCUT2D eigenvalue weighted by Gasteiger charge is -2.32. The smallest absolute Gasteiger partial charge is 0.245 e. The van der Waals surface area contributed by atoms with E-state index in [1.54, 1.807) is 44.2 Å². The van der Waals surface area contributed by atoms with Crippen LogP contribution in [0, 0.1) is 17.8 Å². The van der Waals surface area contributed by atoms with E-state index in [-0.39, 0.29) is 55.9 Å².